The van der Waals surface area contributed by atoms with Crippen LogP contribution in [0.3, 0.4) is 0 Å². The molecule has 0 fully saturated rings. The van der Waals surface area contributed by atoms with Crippen LogP contribution in [0.5, 0.6) is 0 Å². The zero-order valence-corrected chi connectivity index (χ0v) is 9.91. The molecule has 0 saturated carbocycles. The number of carbonyl (C=O) groups is 1. The average molecular weight is 246 g/mol. The number of carbonyl (C=O) groups excluding carboxylic acids is 1. The van der Waals surface area contributed by atoms with Crippen LogP contribution in [0.4, 0.5) is 5.82 Å². The predicted octanol–water partition coefficient (Wildman–Crippen LogP) is -0.524. The molecule has 6 nitrogen and oxygen atoms in total. The van der Waals surface area contributed by atoms with E-state index in [9.17, 15) is 14.4 Å². The summed E-state index contributed by atoms with van der Waals surface area (Å²) in [5.74, 6) is -0.749. The molecule has 0 aliphatic carbocycles. The summed E-state index contributed by atoms with van der Waals surface area (Å²) in [4.78, 5) is 34.8. The summed E-state index contributed by atoms with van der Waals surface area (Å²) in [6.45, 7) is 1.44. The van der Waals surface area contributed by atoms with E-state index in [1.54, 1.807) is 0 Å². The van der Waals surface area contributed by atoms with E-state index >= 15 is 0 Å². The standard InChI is InChI=1S/C9H12ClN3O3/c1-4(10)6(14)5-7(11)12(2)9(16)13(3)8(5)15/h4H,11H2,1-3H3/t4-/m0/s1. The number of nitrogens with two attached hydrogens (primary N) is 1. The number of nitrogen functional groups attached to an aromatic ring is 1. The van der Waals surface area contributed by atoms with E-state index < -0.39 is 22.4 Å². The van der Waals surface area contributed by atoms with E-state index in [4.69, 9.17) is 17.3 Å². The topological polar surface area (TPSA) is 87.1 Å². The SMILES string of the molecule is C[C@H](Cl)C(=O)c1c(N)n(C)c(=O)n(C)c1=O. The lowest BCUT2D eigenvalue weighted by Crippen LogP contribution is -2.42. The molecule has 0 amide bonds. The van der Waals surface area contributed by atoms with Crippen LogP contribution in [0, 0.1) is 0 Å². The molecule has 0 bridgehead atoms. The number of ketones is 1. The molecule has 1 aromatic rings. The van der Waals surface area contributed by atoms with Gasteiger partial charge in [0.05, 0.1) is 5.38 Å². The van der Waals surface area contributed by atoms with Gasteiger partial charge >= 0.3 is 5.69 Å². The van der Waals surface area contributed by atoms with Crippen LogP contribution in [0.25, 0.3) is 0 Å². The summed E-state index contributed by atoms with van der Waals surface area (Å²) in [6.07, 6.45) is 0. The van der Waals surface area contributed by atoms with Gasteiger partial charge < -0.3 is 5.73 Å². The van der Waals surface area contributed by atoms with Crippen molar-refractivity contribution in [3.8, 4) is 0 Å². The summed E-state index contributed by atoms with van der Waals surface area (Å²) >= 11 is 5.61. The summed E-state index contributed by atoms with van der Waals surface area (Å²) in [5.41, 5.74) is 4.01. The van der Waals surface area contributed by atoms with Crippen LogP contribution < -0.4 is 17.0 Å². The first-order valence-corrected chi connectivity index (χ1v) is 4.96. The number of nitrogens with zero attached hydrogens (tertiary/aromatic N) is 2. The Morgan fingerprint density at radius 3 is 2.25 bits per heavy atom. The van der Waals surface area contributed by atoms with E-state index in [0.29, 0.717) is 0 Å². The van der Waals surface area contributed by atoms with E-state index in [-0.39, 0.29) is 11.4 Å². The number of anilines is 1. The van der Waals surface area contributed by atoms with Crippen molar-refractivity contribution in [3.63, 3.8) is 0 Å². The van der Waals surface area contributed by atoms with E-state index in [1.807, 2.05) is 0 Å². The first-order valence-electron chi connectivity index (χ1n) is 4.52. The van der Waals surface area contributed by atoms with Gasteiger partial charge in [0.2, 0.25) is 0 Å². The van der Waals surface area contributed by atoms with Gasteiger partial charge in [-0.15, -0.1) is 11.6 Å². The number of alkyl halides is 1. The van der Waals surface area contributed by atoms with Crippen LogP contribution >= 0.6 is 11.6 Å². The monoisotopic (exact) mass is 245 g/mol. The Morgan fingerprint density at radius 2 is 1.81 bits per heavy atom. The van der Waals surface area contributed by atoms with E-state index in [1.165, 1.54) is 21.0 Å². The fourth-order valence-electron chi connectivity index (χ4n) is 1.29. The van der Waals surface area contributed by atoms with Crippen molar-refractivity contribution in [2.75, 3.05) is 5.73 Å². The van der Waals surface area contributed by atoms with Crippen molar-refractivity contribution in [3.05, 3.63) is 26.4 Å². The Morgan fingerprint density at radius 1 is 1.31 bits per heavy atom. The fraction of sp³-hybridized carbons (Fsp3) is 0.444. The number of hydrogen-bond donors (Lipinski definition) is 1. The third-order valence-electron chi connectivity index (χ3n) is 2.32. The Bertz CT molecular complexity index is 556. The maximum absolute atomic E-state index is 11.7. The molecule has 16 heavy (non-hydrogen) atoms. The summed E-state index contributed by atoms with van der Waals surface area (Å²) < 4.78 is 1.86. The minimum Gasteiger partial charge on any atom is -0.384 e. The Labute approximate surface area is 96.2 Å². The van der Waals surface area contributed by atoms with Crippen LogP contribution in [0.2, 0.25) is 0 Å². The van der Waals surface area contributed by atoms with Gasteiger partial charge in [0.25, 0.3) is 5.56 Å². The Kier molecular flexibility index (Phi) is 3.23. The molecule has 88 valence electrons. The van der Waals surface area contributed by atoms with Crippen molar-refractivity contribution < 1.29 is 4.79 Å². The lowest BCUT2D eigenvalue weighted by Gasteiger charge is -2.11. The molecule has 0 aromatic carbocycles. The van der Waals surface area contributed by atoms with Gasteiger partial charge in [0.1, 0.15) is 11.4 Å². The number of halogens is 1. The molecule has 1 aromatic heterocycles. The summed E-state index contributed by atoms with van der Waals surface area (Å²) in [6, 6.07) is 0. The summed E-state index contributed by atoms with van der Waals surface area (Å²) in [7, 11) is 2.66. The van der Waals surface area contributed by atoms with Crippen molar-refractivity contribution >= 4 is 23.2 Å². The minimum absolute atomic E-state index is 0.161. The van der Waals surface area contributed by atoms with Crippen LogP contribution in [0.15, 0.2) is 9.59 Å². The van der Waals surface area contributed by atoms with Gasteiger partial charge in [0, 0.05) is 14.1 Å². The molecule has 7 heteroatoms. The molecule has 0 aliphatic rings. The molecule has 1 heterocycles. The lowest BCUT2D eigenvalue weighted by atomic mass is 10.1. The van der Waals surface area contributed by atoms with Gasteiger partial charge in [-0.3, -0.25) is 18.7 Å². The third-order valence-corrected chi connectivity index (χ3v) is 2.52. The Balaban J connectivity index is 3.72. The highest BCUT2D eigenvalue weighted by Crippen LogP contribution is 2.09. The highest BCUT2D eigenvalue weighted by molar-refractivity contribution is 6.34. The smallest absolute Gasteiger partial charge is 0.332 e. The van der Waals surface area contributed by atoms with Crippen LogP contribution in [-0.2, 0) is 14.1 Å². The average Bonchev–Trinajstić information content (AvgIpc) is 2.23. The number of rotatable bonds is 2. The van der Waals surface area contributed by atoms with Crippen molar-refractivity contribution in [2.24, 2.45) is 14.1 Å². The van der Waals surface area contributed by atoms with Gasteiger partial charge in [-0.1, -0.05) is 0 Å². The normalized spacial score (nSPS) is 12.5. The van der Waals surface area contributed by atoms with Crippen molar-refractivity contribution in [1.82, 2.24) is 9.13 Å². The van der Waals surface area contributed by atoms with E-state index in [0.717, 1.165) is 9.13 Å². The quantitative estimate of drug-likeness (QED) is 0.561. The lowest BCUT2D eigenvalue weighted by molar-refractivity contribution is 0.0990. The second-order valence-corrected chi connectivity index (χ2v) is 4.10. The molecule has 1 rings (SSSR count). The summed E-state index contributed by atoms with van der Waals surface area (Å²) in [5, 5.41) is -0.868. The third kappa shape index (κ3) is 1.76. The van der Waals surface area contributed by atoms with Gasteiger partial charge in [-0.2, -0.15) is 0 Å². The van der Waals surface area contributed by atoms with E-state index in [2.05, 4.69) is 0 Å². The zero-order chi connectivity index (χ0) is 12.6. The largest absolute Gasteiger partial charge is 0.384 e. The minimum atomic E-state index is -0.868. The maximum atomic E-state index is 11.7. The maximum Gasteiger partial charge on any atom is 0.332 e. The predicted molar refractivity (Wildman–Crippen MR) is 61.0 cm³/mol. The van der Waals surface area contributed by atoms with Gasteiger partial charge in [-0.05, 0) is 6.92 Å². The fourth-order valence-corrected chi connectivity index (χ4v) is 1.40. The molecule has 1 atom stereocenters. The molecule has 0 saturated heterocycles. The Hall–Kier alpha value is -1.56. The van der Waals surface area contributed by atoms with Crippen molar-refractivity contribution in [1.29, 1.82) is 0 Å². The molecule has 0 unspecified atom stereocenters. The highest BCUT2D eigenvalue weighted by atomic mass is 35.5. The molecule has 0 aliphatic heterocycles. The molecule has 0 spiro atoms. The number of hydrogen-bond acceptors (Lipinski definition) is 4. The van der Waals surface area contributed by atoms with Crippen LogP contribution in [0.1, 0.15) is 17.3 Å². The van der Waals surface area contributed by atoms with Gasteiger partial charge in [-0.25, -0.2) is 4.79 Å². The molecular weight excluding hydrogens is 234 g/mol. The second-order valence-electron chi connectivity index (χ2n) is 3.45. The second kappa shape index (κ2) is 4.13. The number of aromatic nitrogens is 2. The molecule has 0 radical (unpaired) electrons. The highest BCUT2D eigenvalue weighted by Gasteiger charge is 2.23. The first kappa shape index (κ1) is 12.5. The van der Waals surface area contributed by atoms with Crippen molar-refractivity contribution in [2.45, 2.75) is 12.3 Å². The van der Waals surface area contributed by atoms with Crippen LogP contribution in [-0.4, -0.2) is 20.3 Å². The first-order chi connectivity index (χ1) is 7.29. The molecular formula is C9H12ClN3O3. The molecule has 2 N–H and O–H groups in total. The zero-order valence-electron chi connectivity index (χ0n) is 9.15. The number of Topliss-reactive ketones (excluding diaryl/α,β-unsaturated/α-hetero) is 1. The van der Waals surface area contributed by atoms with Gasteiger partial charge in [0.15, 0.2) is 5.78 Å².